The van der Waals surface area contributed by atoms with Gasteiger partial charge in [-0.3, -0.25) is 4.79 Å². The van der Waals surface area contributed by atoms with Gasteiger partial charge in [0.2, 0.25) is 5.91 Å². The molecule has 0 spiro atoms. The van der Waals surface area contributed by atoms with Crippen LogP contribution in [-0.4, -0.2) is 25.6 Å². The van der Waals surface area contributed by atoms with Crippen molar-refractivity contribution >= 4 is 5.91 Å². The zero-order valence-corrected chi connectivity index (χ0v) is 12.3. The van der Waals surface area contributed by atoms with Gasteiger partial charge in [0.15, 0.2) is 0 Å². The SMILES string of the molecule is CCCOc1ccc(CNC(=O)C(C)C2CNC2)cc1. The Kier molecular flexibility index (Phi) is 5.41. The lowest BCUT2D eigenvalue weighted by Gasteiger charge is -2.31. The van der Waals surface area contributed by atoms with Crippen molar-refractivity contribution in [3.63, 3.8) is 0 Å². The minimum absolute atomic E-state index is 0.0865. The summed E-state index contributed by atoms with van der Waals surface area (Å²) in [6.07, 6.45) is 1.01. The predicted molar refractivity (Wildman–Crippen MR) is 79.6 cm³/mol. The highest BCUT2D eigenvalue weighted by atomic mass is 16.5. The summed E-state index contributed by atoms with van der Waals surface area (Å²) in [6, 6.07) is 7.91. The van der Waals surface area contributed by atoms with Gasteiger partial charge in [-0.05, 0) is 43.1 Å². The molecule has 1 unspecified atom stereocenters. The molecule has 1 aliphatic heterocycles. The molecule has 1 aromatic carbocycles. The van der Waals surface area contributed by atoms with Gasteiger partial charge in [-0.25, -0.2) is 0 Å². The van der Waals surface area contributed by atoms with Crippen LogP contribution in [0.3, 0.4) is 0 Å². The second-order valence-corrected chi connectivity index (χ2v) is 5.42. The molecule has 0 saturated carbocycles. The number of hydrogen-bond donors (Lipinski definition) is 2. The van der Waals surface area contributed by atoms with Crippen molar-refractivity contribution in [3.05, 3.63) is 29.8 Å². The molecule has 20 heavy (non-hydrogen) atoms. The van der Waals surface area contributed by atoms with Crippen LogP contribution in [0.5, 0.6) is 5.75 Å². The third kappa shape index (κ3) is 3.97. The van der Waals surface area contributed by atoms with Crippen molar-refractivity contribution in [2.75, 3.05) is 19.7 Å². The fourth-order valence-corrected chi connectivity index (χ4v) is 2.15. The van der Waals surface area contributed by atoms with Crippen LogP contribution >= 0.6 is 0 Å². The van der Waals surface area contributed by atoms with Crippen molar-refractivity contribution in [2.24, 2.45) is 11.8 Å². The van der Waals surface area contributed by atoms with E-state index in [9.17, 15) is 4.79 Å². The molecule has 1 fully saturated rings. The first-order chi connectivity index (χ1) is 9.70. The first-order valence-corrected chi connectivity index (χ1v) is 7.41. The zero-order chi connectivity index (χ0) is 14.4. The van der Waals surface area contributed by atoms with Crippen LogP contribution < -0.4 is 15.4 Å². The monoisotopic (exact) mass is 276 g/mol. The second-order valence-electron chi connectivity index (χ2n) is 5.42. The molecule has 1 heterocycles. The highest BCUT2D eigenvalue weighted by Gasteiger charge is 2.28. The normalized spacial score (nSPS) is 16.3. The van der Waals surface area contributed by atoms with Gasteiger partial charge in [0, 0.05) is 12.5 Å². The van der Waals surface area contributed by atoms with E-state index in [1.807, 2.05) is 31.2 Å². The molecule has 0 aromatic heterocycles. The standard InChI is InChI=1S/C16H24N2O2/c1-3-8-20-15-6-4-13(5-7-15)9-18-16(19)12(2)14-10-17-11-14/h4-7,12,14,17H,3,8-11H2,1-2H3,(H,18,19). The Bertz CT molecular complexity index is 427. The van der Waals surface area contributed by atoms with Crippen LogP contribution in [0.1, 0.15) is 25.8 Å². The van der Waals surface area contributed by atoms with Crippen LogP contribution in [0, 0.1) is 11.8 Å². The molecule has 2 N–H and O–H groups in total. The van der Waals surface area contributed by atoms with Crippen molar-refractivity contribution in [2.45, 2.75) is 26.8 Å². The molecule has 110 valence electrons. The van der Waals surface area contributed by atoms with Crippen LogP contribution in [0.2, 0.25) is 0 Å². The maximum atomic E-state index is 12.0. The molecule has 2 rings (SSSR count). The average Bonchev–Trinajstić information content (AvgIpc) is 2.41. The van der Waals surface area contributed by atoms with Gasteiger partial charge in [0.1, 0.15) is 5.75 Å². The summed E-state index contributed by atoms with van der Waals surface area (Å²) in [5.41, 5.74) is 1.10. The van der Waals surface area contributed by atoms with Gasteiger partial charge in [0.25, 0.3) is 0 Å². The number of benzene rings is 1. The molecule has 1 amide bonds. The van der Waals surface area contributed by atoms with E-state index in [1.165, 1.54) is 0 Å². The Hall–Kier alpha value is -1.55. The fourth-order valence-electron chi connectivity index (χ4n) is 2.15. The molecular formula is C16H24N2O2. The number of hydrogen-bond acceptors (Lipinski definition) is 3. The van der Waals surface area contributed by atoms with Crippen molar-refractivity contribution in [1.82, 2.24) is 10.6 Å². The Balaban J connectivity index is 1.76. The van der Waals surface area contributed by atoms with Gasteiger partial charge < -0.3 is 15.4 Å². The van der Waals surface area contributed by atoms with Crippen molar-refractivity contribution < 1.29 is 9.53 Å². The molecule has 1 saturated heterocycles. The van der Waals surface area contributed by atoms with E-state index in [0.717, 1.165) is 37.4 Å². The van der Waals surface area contributed by atoms with Crippen LogP contribution in [-0.2, 0) is 11.3 Å². The highest BCUT2D eigenvalue weighted by molar-refractivity contribution is 5.78. The summed E-state index contributed by atoms with van der Waals surface area (Å²) in [7, 11) is 0. The Morgan fingerprint density at radius 3 is 2.65 bits per heavy atom. The van der Waals surface area contributed by atoms with E-state index in [1.54, 1.807) is 0 Å². The summed E-state index contributed by atoms with van der Waals surface area (Å²) in [6.45, 7) is 7.32. The zero-order valence-electron chi connectivity index (χ0n) is 12.3. The van der Waals surface area contributed by atoms with Gasteiger partial charge in [-0.1, -0.05) is 26.0 Å². The largest absolute Gasteiger partial charge is 0.494 e. The van der Waals surface area contributed by atoms with E-state index in [2.05, 4.69) is 17.6 Å². The summed E-state index contributed by atoms with van der Waals surface area (Å²) in [5.74, 6) is 1.60. The summed E-state index contributed by atoms with van der Waals surface area (Å²) >= 11 is 0. The van der Waals surface area contributed by atoms with Gasteiger partial charge in [-0.15, -0.1) is 0 Å². The number of amides is 1. The quantitative estimate of drug-likeness (QED) is 0.800. The molecule has 1 aromatic rings. The smallest absolute Gasteiger partial charge is 0.223 e. The minimum atomic E-state index is 0.0865. The van der Waals surface area contributed by atoms with E-state index in [4.69, 9.17) is 4.74 Å². The van der Waals surface area contributed by atoms with Crippen LogP contribution in [0.15, 0.2) is 24.3 Å². The Morgan fingerprint density at radius 1 is 1.40 bits per heavy atom. The fraction of sp³-hybridized carbons (Fsp3) is 0.562. The van der Waals surface area contributed by atoms with Crippen molar-refractivity contribution in [3.8, 4) is 5.75 Å². The van der Waals surface area contributed by atoms with Crippen molar-refractivity contribution in [1.29, 1.82) is 0 Å². The summed E-state index contributed by atoms with van der Waals surface area (Å²) in [5, 5.41) is 6.20. The predicted octanol–water partition coefficient (Wildman–Crippen LogP) is 1.95. The molecule has 1 aliphatic rings. The molecule has 0 bridgehead atoms. The van der Waals surface area contributed by atoms with E-state index in [-0.39, 0.29) is 11.8 Å². The van der Waals surface area contributed by atoms with E-state index < -0.39 is 0 Å². The third-order valence-corrected chi connectivity index (χ3v) is 3.80. The number of ether oxygens (including phenoxy) is 1. The molecule has 0 aliphatic carbocycles. The second kappa shape index (κ2) is 7.29. The first-order valence-electron chi connectivity index (χ1n) is 7.41. The highest BCUT2D eigenvalue weighted by Crippen LogP contribution is 2.16. The Morgan fingerprint density at radius 2 is 2.10 bits per heavy atom. The molecular weight excluding hydrogens is 252 g/mol. The summed E-state index contributed by atoms with van der Waals surface area (Å²) in [4.78, 5) is 12.0. The topological polar surface area (TPSA) is 50.4 Å². The number of nitrogens with one attached hydrogen (secondary N) is 2. The molecule has 0 radical (unpaired) electrons. The first kappa shape index (κ1) is 14.9. The van der Waals surface area contributed by atoms with Gasteiger partial charge in [-0.2, -0.15) is 0 Å². The lowest BCUT2D eigenvalue weighted by atomic mass is 9.88. The molecule has 4 nitrogen and oxygen atoms in total. The number of rotatable bonds is 7. The lowest BCUT2D eigenvalue weighted by Crippen LogP contribution is -2.49. The van der Waals surface area contributed by atoms with E-state index >= 15 is 0 Å². The van der Waals surface area contributed by atoms with Gasteiger partial charge in [0.05, 0.1) is 6.61 Å². The number of carbonyl (C=O) groups excluding carboxylic acids is 1. The Labute approximate surface area is 120 Å². The van der Waals surface area contributed by atoms with E-state index in [0.29, 0.717) is 12.5 Å². The lowest BCUT2D eigenvalue weighted by molar-refractivity contribution is -0.126. The average molecular weight is 276 g/mol. The van der Waals surface area contributed by atoms with Crippen LogP contribution in [0.4, 0.5) is 0 Å². The molecule has 1 atom stereocenters. The third-order valence-electron chi connectivity index (χ3n) is 3.80. The van der Waals surface area contributed by atoms with Gasteiger partial charge >= 0.3 is 0 Å². The summed E-state index contributed by atoms with van der Waals surface area (Å²) < 4.78 is 5.53. The number of carbonyl (C=O) groups is 1. The maximum Gasteiger partial charge on any atom is 0.223 e. The van der Waals surface area contributed by atoms with Crippen LogP contribution in [0.25, 0.3) is 0 Å². The molecule has 4 heteroatoms. The minimum Gasteiger partial charge on any atom is -0.494 e. The maximum absolute atomic E-state index is 12.0.